The first-order valence-corrected chi connectivity index (χ1v) is 7.48. The minimum absolute atomic E-state index is 0.113. The molecule has 0 aliphatic carbocycles. The molecule has 1 atom stereocenters. The number of anilines is 2. The molecule has 0 radical (unpaired) electrons. The van der Waals surface area contributed by atoms with Gasteiger partial charge in [0.05, 0.1) is 18.9 Å². The molecule has 0 aromatic carbocycles. The topological polar surface area (TPSA) is 103 Å². The van der Waals surface area contributed by atoms with Gasteiger partial charge in [-0.25, -0.2) is 4.79 Å². The van der Waals surface area contributed by atoms with E-state index in [1.807, 2.05) is 0 Å². The average molecular weight is 313 g/mol. The standard InChI is InChI=1S/C13H19N3O4S/c1-15-11(17)10-9(14)8(13(18)19-2)12(21-10)16-6-7-4-3-5-20-7/h7,16H,3-6,14H2,1-2H3,(H,15,17). The molecule has 1 saturated heterocycles. The van der Waals surface area contributed by atoms with Crippen molar-refractivity contribution >= 4 is 33.9 Å². The summed E-state index contributed by atoms with van der Waals surface area (Å²) in [5.74, 6) is -0.887. The number of carbonyl (C=O) groups is 2. The van der Waals surface area contributed by atoms with Crippen molar-refractivity contribution in [2.24, 2.45) is 0 Å². The van der Waals surface area contributed by atoms with Crippen LogP contribution >= 0.6 is 11.3 Å². The summed E-state index contributed by atoms with van der Waals surface area (Å²) in [6.07, 6.45) is 2.12. The molecule has 2 rings (SSSR count). The Labute approximate surface area is 126 Å². The number of ether oxygens (including phenoxy) is 2. The molecule has 0 saturated carbocycles. The van der Waals surface area contributed by atoms with Gasteiger partial charge in [-0.05, 0) is 12.8 Å². The third-order valence-electron chi connectivity index (χ3n) is 3.28. The first-order chi connectivity index (χ1) is 10.1. The Morgan fingerprint density at radius 2 is 2.29 bits per heavy atom. The Balaban J connectivity index is 2.24. The zero-order chi connectivity index (χ0) is 15.4. The van der Waals surface area contributed by atoms with E-state index in [1.54, 1.807) is 0 Å². The molecule has 1 fully saturated rings. The van der Waals surface area contributed by atoms with Crippen molar-refractivity contribution in [3.63, 3.8) is 0 Å². The Bertz CT molecular complexity index is 538. The highest BCUT2D eigenvalue weighted by Gasteiger charge is 2.26. The highest BCUT2D eigenvalue weighted by molar-refractivity contribution is 7.19. The van der Waals surface area contributed by atoms with E-state index in [4.69, 9.17) is 15.2 Å². The highest BCUT2D eigenvalue weighted by atomic mass is 32.1. The summed E-state index contributed by atoms with van der Waals surface area (Å²) in [6, 6.07) is 0. The minimum Gasteiger partial charge on any atom is -0.465 e. The predicted octanol–water partition coefficient (Wildman–Crippen LogP) is 1.07. The normalized spacial score (nSPS) is 17.5. The number of nitrogens with one attached hydrogen (secondary N) is 2. The number of esters is 1. The Hall–Kier alpha value is -1.80. The third-order valence-corrected chi connectivity index (χ3v) is 4.44. The van der Waals surface area contributed by atoms with E-state index in [0.29, 0.717) is 16.4 Å². The number of thiophene rings is 1. The molecule has 0 spiro atoms. The van der Waals surface area contributed by atoms with Gasteiger partial charge in [0.2, 0.25) is 0 Å². The van der Waals surface area contributed by atoms with Crippen LogP contribution in [-0.4, -0.2) is 45.3 Å². The summed E-state index contributed by atoms with van der Waals surface area (Å²) in [5.41, 5.74) is 6.27. The van der Waals surface area contributed by atoms with Crippen LogP contribution in [0.5, 0.6) is 0 Å². The molecule has 0 bridgehead atoms. The van der Waals surface area contributed by atoms with Crippen LogP contribution in [0.3, 0.4) is 0 Å². The lowest BCUT2D eigenvalue weighted by Gasteiger charge is -2.11. The van der Waals surface area contributed by atoms with Gasteiger partial charge in [0.1, 0.15) is 15.4 Å². The van der Waals surface area contributed by atoms with Crippen LogP contribution in [0, 0.1) is 0 Å². The van der Waals surface area contributed by atoms with Crippen LogP contribution in [0.4, 0.5) is 10.7 Å². The fraction of sp³-hybridized carbons (Fsp3) is 0.538. The minimum atomic E-state index is -0.561. The van der Waals surface area contributed by atoms with Gasteiger partial charge in [0.25, 0.3) is 5.91 Å². The lowest BCUT2D eigenvalue weighted by molar-refractivity contribution is 0.0603. The molecule has 1 aliphatic rings. The van der Waals surface area contributed by atoms with Crippen molar-refractivity contribution in [2.75, 3.05) is 38.4 Å². The number of hydrogen-bond acceptors (Lipinski definition) is 7. The highest BCUT2D eigenvalue weighted by Crippen LogP contribution is 2.36. The van der Waals surface area contributed by atoms with Gasteiger partial charge in [0, 0.05) is 20.2 Å². The molecule has 21 heavy (non-hydrogen) atoms. The second-order valence-corrected chi connectivity index (χ2v) is 5.66. The summed E-state index contributed by atoms with van der Waals surface area (Å²) in [4.78, 5) is 24.0. The smallest absolute Gasteiger partial charge is 0.343 e. The lowest BCUT2D eigenvalue weighted by atomic mass is 10.2. The van der Waals surface area contributed by atoms with Crippen LogP contribution in [-0.2, 0) is 9.47 Å². The third kappa shape index (κ3) is 3.27. The van der Waals surface area contributed by atoms with Crippen molar-refractivity contribution < 1.29 is 19.1 Å². The number of nitrogens with two attached hydrogens (primary N) is 1. The summed E-state index contributed by atoms with van der Waals surface area (Å²) < 4.78 is 10.3. The maximum atomic E-state index is 11.9. The van der Waals surface area contributed by atoms with Crippen LogP contribution in [0.1, 0.15) is 32.9 Å². The van der Waals surface area contributed by atoms with Gasteiger partial charge in [-0.3, -0.25) is 4.79 Å². The molecule has 4 N–H and O–H groups in total. The van der Waals surface area contributed by atoms with Crippen LogP contribution in [0.25, 0.3) is 0 Å². The Morgan fingerprint density at radius 3 is 2.86 bits per heavy atom. The van der Waals surface area contributed by atoms with E-state index in [9.17, 15) is 9.59 Å². The number of rotatable bonds is 5. The largest absolute Gasteiger partial charge is 0.465 e. The van der Waals surface area contributed by atoms with Gasteiger partial charge in [-0.2, -0.15) is 0 Å². The molecule has 116 valence electrons. The average Bonchev–Trinajstić information content (AvgIpc) is 3.11. The maximum absolute atomic E-state index is 11.9. The van der Waals surface area contributed by atoms with Crippen LogP contribution < -0.4 is 16.4 Å². The van der Waals surface area contributed by atoms with Gasteiger partial charge >= 0.3 is 5.97 Å². The Kier molecular flexibility index (Phi) is 5.03. The Morgan fingerprint density at radius 1 is 1.52 bits per heavy atom. The van der Waals surface area contributed by atoms with Crippen molar-refractivity contribution in [1.82, 2.24) is 5.32 Å². The molecule has 1 amide bonds. The summed E-state index contributed by atoms with van der Waals surface area (Å²) >= 11 is 1.14. The van der Waals surface area contributed by atoms with Gasteiger partial charge in [0.15, 0.2) is 0 Å². The predicted molar refractivity (Wildman–Crippen MR) is 80.9 cm³/mol. The number of nitrogen functional groups attached to an aromatic ring is 1. The van der Waals surface area contributed by atoms with E-state index in [2.05, 4.69) is 10.6 Å². The number of carbonyl (C=O) groups excluding carboxylic acids is 2. The van der Waals surface area contributed by atoms with E-state index < -0.39 is 5.97 Å². The fourth-order valence-corrected chi connectivity index (χ4v) is 3.23. The first-order valence-electron chi connectivity index (χ1n) is 6.66. The van der Waals surface area contributed by atoms with Crippen molar-refractivity contribution in [3.05, 3.63) is 10.4 Å². The van der Waals surface area contributed by atoms with Crippen LogP contribution in [0.15, 0.2) is 0 Å². The molecule has 8 heteroatoms. The van der Waals surface area contributed by atoms with Crippen LogP contribution in [0.2, 0.25) is 0 Å². The van der Waals surface area contributed by atoms with E-state index in [-0.39, 0.29) is 23.3 Å². The molecule has 1 aromatic rings. The SMILES string of the molecule is CNC(=O)c1sc(NCC2CCCO2)c(C(=O)OC)c1N. The van der Waals surface area contributed by atoms with E-state index in [0.717, 1.165) is 30.8 Å². The second kappa shape index (κ2) is 6.77. The first kappa shape index (κ1) is 15.6. The maximum Gasteiger partial charge on any atom is 0.343 e. The van der Waals surface area contributed by atoms with Crippen molar-refractivity contribution in [1.29, 1.82) is 0 Å². The van der Waals surface area contributed by atoms with Gasteiger partial charge < -0.3 is 25.8 Å². The van der Waals surface area contributed by atoms with Crippen molar-refractivity contribution in [2.45, 2.75) is 18.9 Å². The zero-order valence-electron chi connectivity index (χ0n) is 12.0. The quantitative estimate of drug-likeness (QED) is 0.703. The number of methoxy groups -OCH3 is 1. The van der Waals surface area contributed by atoms with E-state index >= 15 is 0 Å². The summed E-state index contributed by atoms with van der Waals surface area (Å²) in [7, 11) is 2.79. The number of hydrogen-bond donors (Lipinski definition) is 3. The molecule has 7 nitrogen and oxygen atoms in total. The fourth-order valence-electron chi connectivity index (χ4n) is 2.17. The van der Waals surface area contributed by atoms with Crippen molar-refractivity contribution in [3.8, 4) is 0 Å². The molecule has 2 heterocycles. The van der Waals surface area contributed by atoms with Gasteiger partial charge in [-0.1, -0.05) is 0 Å². The van der Waals surface area contributed by atoms with Gasteiger partial charge in [-0.15, -0.1) is 11.3 Å². The molecule has 1 aliphatic heterocycles. The zero-order valence-corrected chi connectivity index (χ0v) is 12.8. The summed E-state index contributed by atoms with van der Waals surface area (Å²) in [6.45, 7) is 1.32. The second-order valence-electron chi connectivity index (χ2n) is 4.64. The lowest BCUT2D eigenvalue weighted by Crippen LogP contribution is -2.19. The molecular weight excluding hydrogens is 294 g/mol. The van der Waals surface area contributed by atoms with E-state index in [1.165, 1.54) is 14.2 Å². The monoisotopic (exact) mass is 313 g/mol. The number of amides is 1. The summed E-state index contributed by atoms with van der Waals surface area (Å²) in [5, 5.41) is 6.18. The molecule has 1 aromatic heterocycles. The molecule has 1 unspecified atom stereocenters. The molecular formula is C13H19N3O4S.